The molecule has 1 fully saturated rings. The van der Waals surface area contributed by atoms with Gasteiger partial charge in [0.2, 0.25) is 0 Å². The van der Waals surface area contributed by atoms with Crippen molar-refractivity contribution in [3.05, 3.63) is 59.8 Å². The van der Waals surface area contributed by atoms with Crippen molar-refractivity contribution in [2.45, 2.75) is 38.9 Å². The Labute approximate surface area is 188 Å². The second-order valence-corrected chi connectivity index (χ2v) is 8.14. The van der Waals surface area contributed by atoms with Crippen molar-refractivity contribution < 1.29 is 18.0 Å². The van der Waals surface area contributed by atoms with E-state index < -0.39 is 11.9 Å². The molecule has 0 saturated carbocycles. The number of carbonyl (C=O) groups excluding carboxylic acids is 1. The van der Waals surface area contributed by atoms with Crippen LogP contribution in [0.4, 0.5) is 19.0 Å². The smallest absolute Gasteiger partial charge is 0.367 e. The summed E-state index contributed by atoms with van der Waals surface area (Å²) in [6.07, 6.45) is 0.632. The molecule has 11 heteroatoms. The number of hydrogen-bond donors (Lipinski definition) is 1. The van der Waals surface area contributed by atoms with Crippen molar-refractivity contribution in [1.82, 2.24) is 29.9 Å². The number of pyridine rings is 1. The van der Waals surface area contributed by atoms with Crippen LogP contribution in [0, 0.1) is 12.8 Å². The normalized spacial score (nSPS) is 18.9. The molecule has 33 heavy (non-hydrogen) atoms. The number of amides is 1. The van der Waals surface area contributed by atoms with Crippen molar-refractivity contribution in [3.8, 4) is 5.69 Å². The summed E-state index contributed by atoms with van der Waals surface area (Å²) in [6.45, 7) is 4.77. The summed E-state index contributed by atoms with van der Waals surface area (Å²) in [4.78, 5) is 19.9. The summed E-state index contributed by atoms with van der Waals surface area (Å²) < 4.78 is 39.8. The Morgan fingerprint density at radius 3 is 2.70 bits per heavy atom. The Balaban J connectivity index is 1.55. The molecular weight excluding hydrogens is 435 g/mol. The largest absolute Gasteiger partial charge is 0.435 e. The standard InChI is InChI=1S/C22H24F3N7O/c1-14-5-3-11-31(17(14)13-26-19-9-8-18(29-30-19)22(23,24)25)21(33)20-16(7-6-15(2)28-20)32-12-4-10-27-32/h4,6-10,12,14,17H,3,5,11,13H2,1-2H3,(H,26,30). The monoisotopic (exact) mass is 459 g/mol. The number of aryl methyl sites for hydroxylation is 1. The second-order valence-electron chi connectivity index (χ2n) is 8.14. The lowest BCUT2D eigenvalue weighted by atomic mass is 9.90. The number of carbonyl (C=O) groups is 1. The van der Waals surface area contributed by atoms with Crippen LogP contribution in [0.5, 0.6) is 0 Å². The first-order valence-electron chi connectivity index (χ1n) is 10.7. The van der Waals surface area contributed by atoms with Crippen LogP contribution in [-0.4, -0.2) is 54.9 Å². The third-order valence-corrected chi connectivity index (χ3v) is 5.79. The van der Waals surface area contributed by atoms with Gasteiger partial charge in [-0.1, -0.05) is 6.92 Å². The lowest BCUT2D eigenvalue weighted by molar-refractivity contribution is -0.141. The summed E-state index contributed by atoms with van der Waals surface area (Å²) >= 11 is 0. The molecule has 1 N–H and O–H groups in total. The molecule has 0 radical (unpaired) electrons. The van der Waals surface area contributed by atoms with Crippen molar-refractivity contribution in [2.75, 3.05) is 18.4 Å². The maximum Gasteiger partial charge on any atom is 0.435 e. The molecule has 3 aromatic rings. The van der Waals surface area contributed by atoms with E-state index in [2.05, 4.69) is 32.5 Å². The van der Waals surface area contributed by atoms with Gasteiger partial charge in [-0.25, -0.2) is 9.67 Å². The average Bonchev–Trinajstić information content (AvgIpc) is 3.32. The van der Waals surface area contributed by atoms with Gasteiger partial charge < -0.3 is 10.2 Å². The molecule has 0 bridgehead atoms. The summed E-state index contributed by atoms with van der Waals surface area (Å²) in [5, 5.41) is 14.2. The predicted octanol–water partition coefficient (Wildman–Crippen LogP) is 3.74. The Bertz CT molecular complexity index is 1100. The molecule has 1 saturated heterocycles. The first-order chi connectivity index (χ1) is 15.7. The molecule has 0 spiro atoms. The van der Waals surface area contributed by atoms with E-state index in [9.17, 15) is 18.0 Å². The lowest BCUT2D eigenvalue weighted by Crippen LogP contribution is -2.51. The van der Waals surface area contributed by atoms with Crippen molar-refractivity contribution >= 4 is 11.7 Å². The highest BCUT2D eigenvalue weighted by Gasteiger charge is 2.35. The van der Waals surface area contributed by atoms with Gasteiger partial charge in [0.25, 0.3) is 5.91 Å². The van der Waals surface area contributed by atoms with E-state index in [-0.39, 0.29) is 23.7 Å². The summed E-state index contributed by atoms with van der Waals surface area (Å²) in [5.41, 5.74) is 0.572. The number of anilines is 1. The topological polar surface area (TPSA) is 88.8 Å². The van der Waals surface area contributed by atoms with Crippen LogP contribution in [0.15, 0.2) is 42.7 Å². The zero-order valence-corrected chi connectivity index (χ0v) is 18.3. The first-order valence-corrected chi connectivity index (χ1v) is 10.7. The highest BCUT2D eigenvalue weighted by Crippen LogP contribution is 2.28. The fourth-order valence-corrected chi connectivity index (χ4v) is 4.04. The molecule has 4 heterocycles. The summed E-state index contributed by atoms with van der Waals surface area (Å²) in [7, 11) is 0. The maximum atomic E-state index is 13.6. The van der Waals surface area contributed by atoms with Crippen LogP contribution in [0.3, 0.4) is 0 Å². The van der Waals surface area contributed by atoms with E-state index in [1.165, 1.54) is 6.07 Å². The number of aromatic nitrogens is 5. The van der Waals surface area contributed by atoms with Crippen LogP contribution in [0.1, 0.15) is 41.6 Å². The van der Waals surface area contributed by atoms with Gasteiger partial charge in [-0.05, 0) is 56.0 Å². The molecule has 4 rings (SSSR count). The molecule has 1 aliphatic rings. The molecule has 2 unspecified atom stereocenters. The molecule has 8 nitrogen and oxygen atoms in total. The molecule has 2 atom stereocenters. The van der Waals surface area contributed by atoms with Gasteiger partial charge in [-0.2, -0.15) is 18.3 Å². The minimum Gasteiger partial charge on any atom is -0.367 e. The molecule has 1 aliphatic heterocycles. The Morgan fingerprint density at radius 2 is 2.03 bits per heavy atom. The van der Waals surface area contributed by atoms with Gasteiger partial charge in [-0.3, -0.25) is 4.79 Å². The predicted molar refractivity (Wildman–Crippen MR) is 115 cm³/mol. The van der Waals surface area contributed by atoms with Crippen molar-refractivity contribution in [3.63, 3.8) is 0 Å². The van der Waals surface area contributed by atoms with E-state index >= 15 is 0 Å². The Hall–Kier alpha value is -3.50. The molecule has 174 valence electrons. The third kappa shape index (κ3) is 4.96. The quantitative estimate of drug-likeness (QED) is 0.625. The zero-order valence-electron chi connectivity index (χ0n) is 18.3. The number of hydrogen-bond acceptors (Lipinski definition) is 6. The zero-order chi connectivity index (χ0) is 23.6. The van der Waals surface area contributed by atoms with Crippen LogP contribution >= 0.6 is 0 Å². The maximum absolute atomic E-state index is 13.6. The number of likely N-dealkylation sites (tertiary alicyclic amines) is 1. The van der Waals surface area contributed by atoms with Gasteiger partial charge in [0.15, 0.2) is 11.4 Å². The Kier molecular flexibility index (Phi) is 6.30. The van der Waals surface area contributed by atoms with Crippen LogP contribution in [0.25, 0.3) is 5.69 Å². The minimum absolute atomic E-state index is 0.176. The average molecular weight is 459 g/mol. The molecular formula is C22H24F3N7O. The molecule has 0 aliphatic carbocycles. The van der Waals surface area contributed by atoms with Gasteiger partial charge in [-0.15, -0.1) is 10.2 Å². The van der Waals surface area contributed by atoms with Crippen molar-refractivity contribution in [1.29, 1.82) is 0 Å². The summed E-state index contributed by atoms with van der Waals surface area (Å²) in [6, 6.07) is 7.36. The van der Waals surface area contributed by atoms with Gasteiger partial charge in [0.1, 0.15) is 5.82 Å². The second kappa shape index (κ2) is 9.16. The molecule has 0 aromatic carbocycles. The van der Waals surface area contributed by atoms with Crippen molar-refractivity contribution in [2.24, 2.45) is 5.92 Å². The van der Waals surface area contributed by atoms with Gasteiger partial charge in [0.05, 0.1) is 11.7 Å². The van der Waals surface area contributed by atoms with Crippen LogP contribution in [-0.2, 0) is 6.18 Å². The molecule has 1 amide bonds. The number of nitrogens with zero attached hydrogens (tertiary/aromatic N) is 6. The molecule has 3 aromatic heterocycles. The summed E-state index contributed by atoms with van der Waals surface area (Å²) in [5.74, 6) is 0.190. The highest BCUT2D eigenvalue weighted by molar-refractivity contribution is 5.96. The van der Waals surface area contributed by atoms with E-state index in [4.69, 9.17) is 0 Å². The third-order valence-electron chi connectivity index (χ3n) is 5.79. The number of piperidine rings is 1. The van der Waals surface area contributed by atoms with Crippen LogP contribution in [0.2, 0.25) is 0 Å². The highest BCUT2D eigenvalue weighted by atomic mass is 19.4. The van der Waals surface area contributed by atoms with Crippen LogP contribution < -0.4 is 5.32 Å². The van der Waals surface area contributed by atoms with E-state index in [1.807, 2.05) is 19.1 Å². The number of rotatable bonds is 5. The fourth-order valence-electron chi connectivity index (χ4n) is 4.04. The number of halogens is 3. The van der Waals surface area contributed by atoms with E-state index in [1.54, 1.807) is 28.0 Å². The number of nitrogens with one attached hydrogen (secondary N) is 1. The SMILES string of the molecule is Cc1ccc(-n2cccn2)c(C(=O)N2CCCC(C)C2CNc2ccc(C(F)(F)F)nn2)n1. The van der Waals surface area contributed by atoms with E-state index in [0.717, 1.165) is 18.9 Å². The van der Waals surface area contributed by atoms with E-state index in [0.29, 0.717) is 30.2 Å². The first kappa shape index (κ1) is 22.7. The van der Waals surface area contributed by atoms with Gasteiger partial charge in [0, 0.05) is 31.2 Å². The minimum atomic E-state index is -4.54. The lowest BCUT2D eigenvalue weighted by Gasteiger charge is -2.40. The fraction of sp³-hybridized carbons (Fsp3) is 0.409. The Morgan fingerprint density at radius 1 is 1.21 bits per heavy atom. The van der Waals surface area contributed by atoms with Gasteiger partial charge >= 0.3 is 6.18 Å². The number of alkyl halides is 3.